The molecular weight excluding hydrogens is 348 g/mol. The molecule has 29 heavy (non-hydrogen) atoms. The second kappa shape index (κ2) is 8.74. The quantitative estimate of drug-likeness (QED) is 0.438. The summed E-state index contributed by atoms with van der Waals surface area (Å²) in [4.78, 5) is 0. The highest BCUT2D eigenvalue weighted by atomic mass is 14.3. The van der Waals surface area contributed by atoms with Crippen molar-refractivity contribution < 1.29 is 0 Å². The van der Waals surface area contributed by atoms with Crippen molar-refractivity contribution in [3.8, 4) is 0 Å². The van der Waals surface area contributed by atoms with Crippen molar-refractivity contribution >= 4 is 12.2 Å². The predicted molar refractivity (Wildman–Crippen MR) is 127 cm³/mol. The largest absolute Gasteiger partial charge is 0.0721 e. The van der Waals surface area contributed by atoms with Gasteiger partial charge in [0.1, 0.15) is 0 Å². The second-order valence-corrected chi connectivity index (χ2v) is 8.33. The molecule has 2 aromatic carbocycles. The Morgan fingerprint density at radius 2 is 0.862 bits per heavy atom. The van der Waals surface area contributed by atoms with Gasteiger partial charge in [-0.2, -0.15) is 0 Å². The molecule has 4 rings (SSSR count). The van der Waals surface area contributed by atoms with Crippen LogP contribution in [0.3, 0.4) is 0 Å². The fourth-order valence-corrected chi connectivity index (χ4v) is 5.18. The van der Waals surface area contributed by atoms with Gasteiger partial charge in [0.15, 0.2) is 0 Å². The van der Waals surface area contributed by atoms with E-state index in [2.05, 4.69) is 76.3 Å². The van der Waals surface area contributed by atoms with Crippen LogP contribution in [-0.2, 0) is 25.7 Å². The van der Waals surface area contributed by atoms with Crippen LogP contribution in [-0.4, -0.2) is 0 Å². The van der Waals surface area contributed by atoms with Gasteiger partial charge in [0.25, 0.3) is 0 Å². The van der Waals surface area contributed by atoms with Crippen LogP contribution < -0.4 is 0 Å². The summed E-state index contributed by atoms with van der Waals surface area (Å²) in [6, 6.07) is 9.38. The summed E-state index contributed by atoms with van der Waals surface area (Å²) in [6.45, 7) is 9.10. The number of allylic oxidation sites excluding steroid dienone is 2. The molecule has 0 aliphatic heterocycles. The number of rotatable bonds is 8. The third kappa shape index (κ3) is 3.63. The Morgan fingerprint density at radius 1 is 0.483 bits per heavy atom. The molecule has 2 aromatic rings. The summed E-state index contributed by atoms with van der Waals surface area (Å²) in [5.74, 6) is 3.10. The van der Waals surface area contributed by atoms with Gasteiger partial charge < -0.3 is 0 Å². The SMILES string of the molecule is CCc1ccc(CC)c2c1C=C[C]2CCC[C]1C=Cc2c(CC)ccc(CC)c21. The van der Waals surface area contributed by atoms with E-state index in [1.54, 1.807) is 23.0 Å². The minimum Gasteiger partial charge on any atom is -0.0721 e. The Morgan fingerprint density at radius 3 is 1.24 bits per heavy atom. The highest BCUT2D eigenvalue weighted by Crippen LogP contribution is 2.41. The van der Waals surface area contributed by atoms with Crippen molar-refractivity contribution in [3.05, 3.63) is 92.8 Å². The second-order valence-electron chi connectivity index (χ2n) is 8.33. The van der Waals surface area contributed by atoms with Crippen molar-refractivity contribution in [2.75, 3.05) is 0 Å². The fraction of sp³-hybridized carbons (Fsp3) is 0.379. The number of hydrogen-bond acceptors (Lipinski definition) is 0. The first-order chi connectivity index (χ1) is 14.2. The zero-order valence-corrected chi connectivity index (χ0v) is 18.6. The van der Waals surface area contributed by atoms with Gasteiger partial charge in [-0.1, -0.05) is 82.7 Å². The third-order valence-corrected chi connectivity index (χ3v) is 6.80. The maximum absolute atomic E-state index is 2.39. The monoisotopic (exact) mass is 382 g/mol. The molecule has 0 saturated carbocycles. The molecule has 0 saturated heterocycles. The molecule has 0 amide bonds. The molecular formula is C29H34. The number of hydrogen-bond donors (Lipinski definition) is 0. The highest BCUT2D eigenvalue weighted by Gasteiger charge is 2.25. The van der Waals surface area contributed by atoms with Gasteiger partial charge in [-0.15, -0.1) is 0 Å². The maximum atomic E-state index is 2.39. The average Bonchev–Trinajstić information content (AvgIpc) is 3.38. The molecule has 2 aliphatic carbocycles. The van der Waals surface area contributed by atoms with Crippen LogP contribution in [0.15, 0.2) is 36.4 Å². The summed E-state index contributed by atoms with van der Waals surface area (Å²) < 4.78 is 0. The zero-order chi connectivity index (χ0) is 20.4. The molecule has 0 atom stereocenters. The van der Waals surface area contributed by atoms with Gasteiger partial charge in [0.2, 0.25) is 0 Å². The molecule has 0 N–H and O–H groups in total. The minimum atomic E-state index is 1.11. The van der Waals surface area contributed by atoms with E-state index in [1.807, 2.05) is 0 Å². The molecule has 0 fully saturated rings. The van der Waals surface area contributed by atoms with E-state index >= 15 is 0 Å². The van der Waals surface area contributed by atoms with Crippen molar-refractivity contribution in [2.45, 2.75) is 72.6 Å². The van der Waals surface area contributed by atoms with Crippen molar-refractivity contribution in [1.82, 2.24) is 0 Å². The van der Waals surface area contributed by atoms with Crippen LogP contribution in [0.4, 0.5) is 0 Å². The third-order valence-electron chi connectivity index (χ3n) is 6.80. The van der Waals surface area contributed by atoms with Gasteiger partial charge in [-0.25, -0.2) is 0 Å². The summed E-state index contributed by atoms with van der Waals surface area (Å²) >= 11 is 0. The Balaban J connectivity index is 1.49. The number of fused-ring (bicyclic) bond motifs is 2. The molecule has 150 valence electrons. The van der Waals surface area contributed by atoms with E-state index < -0.39 is 0 Å². The summed E-state index contributed by atoms with van der Waals surface area (Å²) in [5.41, 5.74) is 12.1. The van der Waals surface area contributed by atoms with E-state index in [-0.39, 0.29) is 0 Å². The lowest BCUT2D eigenvalue weighted by molar-refractivity contribution is 0.752. The van der Waals surface area contributed by atoms with Crippen molar-refractivity contribution in [3.63, 3.8) is 0 Å². The molecule has 0 spiro atoms. The molecule has 2 aliphatic rings. The Bertz CT molecular complexity index is 863. The molecule has 0 aromatic heterocycles. The van der Waals surface area contributed by atoms with Crippen LogP contribution in [0.25, 0.3) is 12.2 Å². The van der Waals surface area contributed by atoms with Gasteiger partial charge in [-0.05, 0) is 83.0 Å². The molecule has 0 nitrogen and oxygen atoms in total. The molecule has 0 unspecified atom stereocenters. The first kappa shape index (κ1) is 20.2. The van der Waals surface area contributed by atoms with Crippen molar-refractivity contribution in [1.29, 1.82) is 0 Å². The number of benzene rings is 2. The van der Waals surface area contributed by atoms with E-state index in [1.165, 1.54) is 52.6 Å². The standard InChI is InChI=1S/C29H34/c1-5-20-12-14-22(7-3)28-24(16-18-26(20)28)10-9-11-25-17-19-27-21(6-2)13-15-23(8-4)29(25)27/h12-19H,5-11H2,1-4H3. The van der Waals surface area contributed by atoms with E-state index in [0.717, 1.165) is 25.7 Å². The van der Waals surface area contributed by atoms with E-state index in [0.29, 0.717) is 0 Å². The molecule has 0 heteroatoms. The lowest BCUT2D eigenvalue weighted by atomic mass is 9.85. The minimum absolute atomic E-state index is 1.11. The summed E-state index contributed by atoms with van der Waals surface area (Å²) in [6.07, 6.45) is 17.5. The fourth-order valence-electron chi connectivity index (χ4n) is 5.18. The zero-order valence-electron chi connectivity index (χ0n) is 18.6. The van der Waals surface area contributed by atoms with Gasteiger partial charge >= 0.3 is 0 Å². The van der Waals surface area contributed by atoms with Gasteiger partial charge in [-0.3, -0.25) is 0 Å². The van der Waals surface area contributed by atoms with Crippen LogP contribution in [0.5, 0.6) is 0 Å². The summed E-state index contributed by atoms with van der Waals surface area (Å²) in [7, 11) is 0. The van der Waals surface area contributed by atoms with Crippen LogP contribution in [0.1, 0.15) is 91.5 Å². The number of aryl methyl sites for hydroxylation is 4. The molecule has 2 radical (unpaired) electrons. The maximum Gasteiger partial charge on any atom is 0.0276 e. The Kier molecular flexibility index (Phi) is 6.09. The first-order valence-corrected chi connectivity index (χ1v) is 11.6. The van der Waals surface area contributed by atoms with Crippen LogP contribution in [0.2, 0.25) is 0 Å². The summed E-state index contributed by atoms with van der Waals surface area (Å²) in [5, 5.41) is 0. The van der Waals surface area contributed by atoms with E-state index in [4.69, 9.17) is 0 Å². The first-order valence-electron chi connectivity index (χ1n) is 11.6. The van der Waals surface area contributed by atoms with Crippen molar-refractivity contribution in [2.24, 2.45) is 0 Å². The van der Waals surface area contributed by atoms with Crippen LogP contribution >= 0.6 is 0 Å². The normalized spacial score (nSPS) is 15.3. The van der Waals surface area contributed by atoms with Gasteiger partial charge in [0, 0.05) is 11.8 Å². The lowest BCUT2D eigenvalue weighted by Gasteiger charge is -2.19. The van der Waals surface area contributed by atoms with Crippen LogP contribution in [0, 0.1) is 11.8 Å². The topological polar surface area (TPSA) is 0 Å². The smallest absolute Gasteiger partial charge is 0.0276 e. The Hall–Kier alpha value is -2.08. The highest BCUT2D eigenvalue weighted by molar-refractivity contribution is 5.74. The predicted octanol–water partition coefficient (Wildman–Crippen LogP) is 7.71. The van der Waals surface area contributed by atoms with E-state index in [9.17, 15) is 0 Å². The lowest BCUT2D eigenvalue weighted by Crippen LogP contribution is -2.05. The average molecular weight is 383 g/mol. The van der Waals surface area contributed by atoms with Gasteiger partial charge in [0.05, 0.1) is 0 Å². The molecule has 0 bridgehead atoms. The Labute approximate surface area is 177 Å². The molecule has 0 heterocycles.